The highest BCUT2D eigenvalue weighted by molar-refractivity contribution is 9.11. The highest BCUT2D eigenvalue weighted by Gasteiger charge is 1.86. The first-order valence-electron chi connectivity index (χ1n) is 3.18. The molecule has 0 saturated heterocycles. The molecular formula is C8H13Br. The van der Waals surface area contributed by atoms with Crippen LogP contribution in [0.25, 0.3) is 0 Å². The Balaban J connectivity index is 3.63. The van der Waals surface area contributed by atoms with Gasteiger partial charge in [0.2, 0.25) is 0 Å². The van der Waals surface area contributed by atoms with Gasteiger partial charge in [-0.2, -0.15) is 0 Å². The molecule has 0 fully saturated rings. The maximum absolute atomic E-state index is 3.88. The van der Waals surface area contributed by atoms with Crippen LogP contribution in [0.3, 0.4) is 0 Å². The summed E-state index contributed by atoms with van der Waals surface area (Å²) in [5.74, 6) is 0. The summed E-state index contributed by atoms with van der Waals surface area (Å²) in [6, 6.07) is 0. The van der Waals surface area contributed by atoms with Crippen LogP contribution in [0.15, 0.2) is 22.7 Å². The smallest absolute Gasteiger partial charge is 0.00779 e. The molecule has 0 aliphatic heterocycles. The third kappa shape index (κ3) is 5.84. The Labute approximate surface area is 65.8 Å². The van der Waals surface area contributed by atoms with Crippen molar-refractivity contribution >= 4 is 15.9 Å². The summed E-state index contributed by atoms with van der Waals surface area (Å²) in [5, 5.41) is 0. The van der Waals surface area contributed by atoms with Gasteiger partial charge in [0, 0.05) is 0 Å². The van der Waals surface area contributed by atoms with Gasteiger partial charge < -0.3 is 0 Å². The second kappa shape index (κ2) is 4.80. The largest absolute Gasteiger partial charge is 0.0958 e. The van der Waals surface area contributed by atoms with Gasteiger partial charge in [0.15, 0.2) is 0 Å². The topological polar surface area (TPSA) is 0 Å². The van der Waals surface area contributed by atoms with E-state index in [1.165, 1.54) is 12.0 Å². The van der Waals surface area contributed by atoms with Crippen molar-refractivity contribution in [3.8, 4) is 0 Å². The van der Waals surface area contributed by atoms with Crippen LogP contribution in [0.4, 0.5) is 0 Å². The third-order valence-corrected chi connectivity index (χ3v) is 1.20. The summed E-state index contributed by atoms with van der Waals surface area (Å²) in [6.07, 6.45) is 4.34. The third-order valence-electron chi connectivity index (χ3n) is 0.974. The molecule has 0 amide bonds. The van der Waals surface area contributed by atoms with Crippen molar-refractivity contribution in [3.63, 3.8) is 0 Å². The van der Waals surface area contributed by atoms with Crippen molar-refractivity contribution in [3.05, 3.63) is 22.7 Å². The first-order chi connectivity index (χ1) is 4.16. The van der Waals surface area contributed by atoms with Gasteiger partial charge in [0.1, 0.15) is 0 Å². The fraction of sp³-hybridized carbons (Fsp3) is 0.500. The first kappa shape index (κ1) is 8.96. The zero-order chi connectivity index (χ0) is 7.28. The molecule has 0 aliphatic rings. The van der Waals surface area contributed by atoms with E-state index >= 15 is 0 Å². The summed E-state index contributed by atoms with van der Waals surface area (Å²) < 4.78 is 1.15. The summed E-state index contributed by atoms with van der Waals surface area (Å²) in [7, 11) is 0. The molecule has 0 atom stereocenters. The Morgan fingerprint density at radius 3 is 2.56 bits per heavy atom. The van der Waals surface area contributed by atoms with Gasteiger partial charge >= 0.3 is 0 Å². The Bertz CT molecular complexity index is 119. The van der Waals surface area contributed by atoms with Gasteiger partial charge in [0.05, 0.1) is 0 Å². The molecular weight excluding hydrogens is 176 g/mol. The average Bonchev–Trinajstić information content (AvgIpc) is 1.63. The van der Waals surface area contributed by atoms with Gasteiger partial charge in [-0.15, -0.1) is 0 Å². The fourth-order valence-electron chi connectivity index (χ4n) is 0.675. The van der Waals surface area contributed by atoms with E-state index in [1.807, 2.05) is 6.92 Å². The Kier molecular flexibility index (Phi) is 4.78. The van der Waals surface area contributed by atoms with Crippen LogP contribution in [-0.2, 0) is 0 Å². The summed E-state index contributed by atoms with van der Waals surface area (Å²) in [6.45, 7) is 8.05. The van der Waals surface area contributed by atoms with Crippen LogP contribution in [-0.4, -0.2) is 0 Å². The second-order valence-electron chi connectivity index (χ2n) is 2.14. The zero-order valence-electron chi connectivity index (χ0n) is 6.08. The van der Waals surface area contributed by atoms with Gasteiger partial charge in [-0.1, -0.05) is 41.4 Å². The van der Waals surface area contributed by atoms with E-state index < -0.39 is 0 Å². The van der Waals surface area contributed by atoms with E-state index in [1.54, 1.807) is 0 Å². The molecule has 0 saturated carbocycles. The minimum absolute atomic E-state index is 1.10. The van der Waals surface area contributed by atoms with Gasteiger partial charge in [-0.3, -0.25) is 0 Å². The second-order valence-corrected chi connectivity index (χ2v) is 3.39. The maximum Gasteiger partial charge on any atom is -0.00779 e. The molecule has 9 heavy (non-hydrogen) atoms. The van der Waals surface area contributed by atoms with Gasteiger partial charge in [-0.05, 0) is 23.9 Å². The predicted octanol–water partition coefficient (Wildman–Crippen LogP) is 3.64. The van der Waals surface area contributed by atoms with Crippen molar-refractivity contribution in [1.29, 1.82) is 0 Å². The van der Waals surface area contributed by atoms with E-state index in [-0.39, 0.29) is 0 Å². The molecule has 0 aliphatic carbocycles. The predicted molar refractivity (Wildman–Crippen MR) is 46.7 cm³/mol. The molecule has 0 unspecified atom stereocenters. The Morgan fingerprint density at radius 2 is 2.22 bits per heavy atom. The van der Waals surface area contributed by atoms with Crippen molar-refractivity contribution in [2.24, 2.45) is 0 Å². The maximum atomic E-state index is 3.88. The molecule has 0 rings (SSSR count). The SMILES string of the molecule is C=C(/C=C(\C)Br)CCC. The number of hydrogen-bond donors (Lipinski definition) is 0. The lowest BCUT2D eigenvalue weighted by atomic mass is 10.2. The molecule has 0 heterocycles. The molecule has 0 aromatic heterocycles. The molecule has 1 heteroatoms. The molecule has 0 nitrogen and oxygen atoms in total. The van der Waals surface area contributed by atoms with E-state index in [0.717, 1.165) is 10.9 Å². The fourth-order valence-corrected chi connectivity index (χ4v) is 0.998. The van der Waals surface area contributed by atoms with Crippen molar-refractivity contribution in [1.82, 2.24) is 0 Å². The van der Waals surface area contributed by atoms with Gasteiger partial charge in [0.25, 0.3) is 0 Å². The van der Waals surface area contributed by atoms with Gasteiger partial charge in [-0.25, -0.2) is 0 Å². The van der Waals surface area contributed by atoms with Crippen LogP contribution < -0.4 is 0 Å². The lowest BCUT2D eigenvalue weighted by molar-refractivity contribution is 0.929. The number of allylic oxidation sites excluding steroid dienone is 3. The first-order valence-corrected chi connectivity index (χ1v) is 3.97. The molecule has 0 aromatic carbocycles. The minimum Gasteiger partial charge on any atom is -0.0958 e. The molecule has 0 N–H and O–H groups in total. The highest BCUT2D eigenvalue weighted by atomic mass is 79.9. The van der Waals surface area contributed by atoms with Crippen LogP contribution in [0.2, 0.25) is 0 Å². The minimum atomic E-state index is 1.10. The summed E-state index contributed by atoms with van der Waals surface area (Å²) in [4.78, 5) is 0. The van der Waals surface area contributed by atoms with E-state index in [4.69, 9.17) is 0 Å². The number of halogens is 1. The number of rotatable bonds is 3. The van der Waals surface area contributed by atoms with Crippen molar-refractivity contribution in [2.75, 3.05) is 0 Å². The number of hydrogen-bond acceptors (Lipinski definition) is 0. The van der Waals surface area contributed by atoms with E-state index in [0.29, 0.717) is 0 Å². The zero-order valence-corrected chi connectivity index (χ0v) is 7.66. The Hall–Kier alpha value is -0.0400. The monoisotopic (exact) mass is 188 g/mol. The van der Waals surface area contributed by atoms with E-state index in [2.05, 4.69) is 35.5 Å². The highest BCUT2D eigenvalue weighted by Crippen LogP contribution is 2.10. The lowest BCUT2D eigenvalue weighted by Crippen LogP contribution is -1.73. The quantitative estimate of drug-likeness (QED) is 0.594. The Morgan fingerprint density at radius 1 is 1.67 bits per heavy atom. The summed E-state index contributed by atoms with van der Waals surface area (Å²) >= 11 is 3.35. The molecule has 52 valence electrons. The van der Waals surface area contributed by atoms with Crippen LogP contribution in [0.1, 0.15) is 26.7 Å². The molecule has 0 spiro atoms. The van der Waals surface area contributed by atoms with Crippen molar-refractivity contribution in [2.45, 2.75) is 26.7 Å². The lowest BCUT2D eigenvalue weighted by Gasteiger charge is -1.94. The molecule has 0 radical (unpaired) electrons. The summed E-state index contributed by atoms with van der Waals surface area (Å²) in [5.41, 5.74) is 1.20. The standard InChI is InChI=1S/C8H13Br/c1-4-5-7(2)6-8(3)9/h6H,2,4-5H2,1,3H3/b8-6+. The molecule has 0 aromatic rings. The van der Waals surface area contributed by atoms with Crippen LogP contribution in [0, 0.1) is 0 Å². The van der Waals surface area contributed by atoms with Crippen LogP contribution >= 0.6 is 15.9 Å². The van der Waals surface area contributed by atoms with E-state index in [9.17, 15) is 0 Å². The van der Waals surface area contributed by atoms with Crippen molar-refractivity contribution < 1.29 is 0 Å². The molecule has 0 bridgehead atoms. The normalized spacial score (nSPS) is 11.7. The van der Waals surface area contributed by atoms with Crippen LogP contribution in [0.5, 0.6) is 0 Å². The average molecular weight is 189 g/mol.